The number of hydrogen-bond acceptors (Lipinski definition) is 4. The summed E-state index contributed by atoms with van der Waals surface area (Å²) in [6.07, 6.45) is 21.3. The second-order valence-electron chi connectivity index (χ2n) is 9.75. The van der Waals surface area contributed by atoms with E-state index >= 15 is 0 Å². The van der Waals surface area contributed by atoms with Crippen molar-refractivity contribution >= 4 is 5.97 Å². The molecule has 0 saturated carbocycles. The summed E-state index contributed by atoms with van der Waals surface area (Å²) >= 11 is 0. The summed E-state index contributed by atoms with van der Waals surface area (Å²) in [7, 11) is 0. The molecule has 0 bridgehead atoms. The predicted octanol–water partition coefficient (Wildman–Crippen LogP) is 8.73. The second kappa shape index (κ2) is 17.2. The van der Waals surface area contributed by atoms with Crippen molar-refractivity contribution in [3.8, 4) is 17.1 Å². The Morgan fingerprint density at radius 3 is 2.06 bits per heavy atom. The van der Waals surface area contributed by atoms with Crippen LogP contribution < -0.4 is 4.74 Å². The van der Waals surface area contributed by atoms with Crippen molar-refractivity contribution in [2.45, 2.75) is 117 Å². The SMILES string of the molecule is CCCCCCCCCCCc1ccc(-c2ncc(OC(=O)CCCCC(C)CC)cn2)cc1. The molecule has 0 N–H and O–H groups in total. The first kappa shape index (κ1) is 28.0. The maximum atomic E-state index is 12.0. The van der Waals surface area contributed by atoms with Crippen LogP contribution in [0.25, 0.3) is 11.4 Å². The monoisotopic (exact) mass is 466 g/mol. The lowest BCUT2D eigenvalue weighted by Crippen LogP contribution is -2.08. The molecule has 1 aromatic heterocycles. The molecular formula is C30H46N2O2. The Hall–Kier alpha value is -2.23. The molecule has 1 heterocycles. The lowest BCUT2D eigenvalue weighted by molar-refractivity contribution is -0.134. The Labute approximate surface area is 208 Å². The number of esters is 1. The smallest absolute Gasteiger partial charge is 0.311 e. The first-order valence-electron chi connectivity index (χ1n) is 13.7. The largest absolute Gasteiger partial charge is 0.423 e. The average Bonchev–Trinajstić information content (AvgIpc) is 2.86. The zero-order valence-electron chi connectivity index (χ0n) is 21.9. The molecule has 1 unspecified atom stereocenters. The number of aromatic nitrogens is 2. The summed E-state index contributed by atoms with van der Waals surface area (Å²) < 4.78 is 5.39. The van der Waals surface area contributed by atoms with Gasteiger partial charge in [-0.15, -0.1) is 0 Å². The minimum atomic E-state index is -0.207. The van der Waals surface area contributed by atoms with Crippen LogP contribution in [0.4, 0.5) is 0 Å². The molecule has 2 rings (SSSR count). The molecule has 4 heteroatoms. The predicted molar refractivity (Wildman–Crippen MR) is 142 cm³/mol. The summed E-state index contributed by atoms with van der Waals surface area (Å²) in [5, 5.41) is 0. The molecule has 0 spiro atoms. The number of rotatable bonds is 18. The minimum Gasteiger partial charge on any atom is -0.423 e. The van der Waals surface area contributed by atoms with Crippen LogP contribution in [-0.4, -0.2) is 15.9 Å². The van der Waals surface area contributed by atoms with E-state index in [2.05, 4.69) is 55.0 Å². The van der Waals surface area contributed by atoms with Gasteiger partial charge in [0.1, 0.15) is 0 Å². The molecule has 0 radical (unpaired) electrons. The molecule has 0 fully saturated rings. The van der Waals surface area contributed by atoms with Crippen molar-refractivity contribution in [3.05, 3.63) is 42.2 Å². The van der Waals surface area contributed by atoms with Crippen molar-refractivity contribution in [2.24, 2.45) is 5.92 Å². The van der Waals surface area contributed by atoms with Gasteiger partial charge < -0.3 is 4.74 Å². The highest BCUT2D eigenvalue weighted by molar-refractivity contribution is 5.72. The van der Waals surface area contributed by atoms with Crippen molar-refractivity contribution in [3.63, 3.8) is 0 Å². The Bertz CT molecular complexity index is 786. The van der Waals surface area contributed by atoms with Gasteiger partial charge in [0.25, 0.3) is 0 Å². The number of carbonyl (C=O) groups excluding carboxylic acids is 1. The molecule has 0 aliphatic rings. The Morgan fingerprint density at radius 1 is 0.824 bits per heavy atom. The normalized spacial score (nSPS) is 12.0. The van der Waals surface area contributed by atoms with Crippen LogP contribution >= 0.6 is 0 Å². The van der Waals surface area contributed by atoms with E-state index in [1.165, 1.54) is 76.2 Å². The summed E-state index contributed by atoms with van der Waals surface area (Å²) in [6, 6.07) is 8.52. The van der Waals surface area contributed by atoms with Gasteiger partial charge in [-0.2, -0.15) is 0 Å². The van der Waals surface area contributed by atoms with Gasteiger partial charge in [0, 0.05) is 12.0 Å². The Morgan fingerprint density at radius 2 is 1.44 bits per heavy atom. The lowest BCUT2D eigenvalue weighted by atomic mass is 10.0. The second-order valence-corrected chi connectivity index (χ2v) is 9.75. The van der Waals surface area contributed by atoms with E-state index in [1.54, 1.807) is 12.4 Å². The number of ether oxygens (including phenoxy) is 1. The number of benzene rings is 1. The summed E-state index contributed by atoms with van der Waals surface area (Å²) in [6.45, 7) is 6.73. The van der Waals surface area contributed by atoms with E-state index in [0.29, 0.717) is 18.0 Å². The molecular weight excluding hydrogens is 420 g/mol. The number of aryl methyl sites for hydroxylation is 1. The van der Waals surface area contributed by atoms with Gasteiger partial charge in [0.15, 0.2) is 11.6 Å². The van der Waals surface area contributed by atoms with Crippen molar-refractivity contribution in [2.75, 3.05) is 0 Å². The third-order valence-corrected chi connectivity index (χ3v) is 6.67. The average molecular weight is 467 g/mol. The highest BCUT2D eigenvalue weighted by Crippen LogP contribution is 2.19. The molecule has 188 valence electrons. The maximum Gasteiger partial charge on any atom is 0.311 e. The first-order valence-corrected chi connectivity index (χ1v) is 13.7. The fourth-order valence-electron chi connectivity index (χ4n) is 4.13. The van der Waals surface area contributed by atoms with E-state index in [0.717, 1.165) is 30.7 Å². The van der Waals surface area contributed by atoms with Crippen LogP contribution in [0.2, 0.25) is 0 Å². The van der Waals surface area contributed by atoms with Gasteiger partial charge in [-0.3, -0.25) is 4.79 Å². The standard InChI is InChI=1S/C30H46N2O2/c1-4-6-7-8-9-10-11-12-13-17-26-19-21-27(22-20-26)30-31-23-28(24-32-30)34-29(33)18-15-14-16-25(3)5-2/h19-25H,4-18H2,1-3H3. The third-order valence-electron chi connectivity index (χ3n) is 6.67. The Kier molecular flexibility index (Phi) is 14.2. The molecule has 2 aromatic rings. The molecule has 1 atom stereocenters. The number of carbonyl (C=O) groups is 1. The number of nitrogens with zero attached hydrogens (tertiary/aromatic N) is 2. The third kappa shape index (κ3) is 11.8. The zero-order chi connectivity index (χ0) is 24.4. The van der Waals surface area contributed by atoms with Gasteiger partial charge in [0.2, 0.25) is 0 Å². The molecule has 4 nitrogen and oxygen atoms in total. The van der Waals surface area contributed by atoms with Gasteiger partial charge >= 0.3 is 5.97 Å². The molecule has 0 amide bonds. The number of unbranched alkanes of at least 4 members (excludes halogenated alkanes) is 9. The van der Waals surface area contributed by atoms with Crippen LogP contribution in [-0.2, 0) is 11.2 Å². The summed E-state index contributed by atoms with van der Waals surface area (Å²) in [5.74, 6) is 1.59. The van der Waals surface area contributed by atoms with Crippen molar-refractivity contribution in [1.29, 1.82) is 0 Å². The highest BCUT2D eigenvalue weighted by Gasteiger charge is 2.08. The van der Waals surface area contributed by atoms with Gasteiger partial charge in [0.05, 0.1) is 12.4 Å². The maximum absolute atomic E-state index is 12.0. The van der Waals surface area contributed by atoms with Crippen LogP contribution in [0, 0.1) is 5.92 Å². The minimum absolute atomic E-state index is 0.207. The van der Waals surface area contributed by atoms with Crippen molar-refractivity contribution in [1.82, 2.24) is 9.97 Å². The van der Waals surface area contributed by atoms with E-state index in [-0.39, 0.29) is 5.97 Å². The molecule has 0 aliphatic heterocycles. The van der Waals surface area contributed by atoms with E-state index in [1.807, 2.05) is 0 Å². The molecule has 0 aliphatic carbocycles. The van der Waals surface area contributed by atoms with Crippen LogP contribution in [0.3, 0.4) is 0 Å². The molecule has 1 aromatic carbocycles. The van der Waals surface area contributed by atoms with Gasteiger partial charge in [-0.05, 0) is 30.7 Å². The van der Waals surface area contributed by atoms with E-state index in [9.17, 15) is 4.79 Å². The first-order chi connectivity index (χ1) is 16.6. The zero-order valence-corrected chi connectivity index (χ0v) is 21.9. The van der Waals surface area contributed by atoms with Gasteiger partial charge in [-0.1, -0.05) is 116 Å². The Balaban J connectivity index is 1.66. The summed E-state index contributed by atoms with van der Waals surface area (Å²) in [4.78, 5) is 20.8. The highest BCUT2D eigenvalue weighted by atomic mass is 16.5. The van der Waals surface area contributed by atoms with Gasteiger partial charge in [-0.25, -0.2) is 9.97 Å². The van der Waals surface area contributed by atoms with Crippen LogP contribution in [0.5, 0.6) is 5.75 Å². The topological polar surface area (TPSA) is 52.1 Å². The lowest BCUT2D eigenvalue weighted by Gasteiger charge is -2.08. The van der Waals surface area contributed by atoms with Crippen LogP contribution in [0.15, 0.2) is 36.7 Å². The van der Waals surface area contributed by atoms with Crippen LogP contribution in [0.1, 0.15) is 116 Å². The fraction of sp³-hybridized carbons (Fsp3) is 0.633. The quantitative estimate of drug-likeness (QED) is 0.163. The summed E-state index contributed by atoms with van der Waals surface area (Å²) in [5.41, 5.74) is 2.35. The molecule has 34 heavy (non-hydrogen) atoms. The van der Waals surface area contributed by atoms with E-state index in [4.69, 9.17) is 4.74 Å². The fourth-order valence-corrected chi connectivity index (χ4v) is 4.13. The van der Waals surface area contributed by atoms with E-state index < -0.39 is 0 Å². The molecule has 0 saturated heterocycles. The van der Waals surface area contributed by atoms with Crippen molar-refractivity contribution < 1.29 is 9.53 Å². The number of hydrogen-bond donors (Lipinski definition) is 0.